The lowest BCUT2D eigenvalue weighted by molar-refractivity contribution is -0.107. The van der Waals surface area contributed by atoms with Crippen molar-refractivity contribution in [2.24, 2.45) is 0 Å². The van der Waals surface area contributed by atoms with Crippen molar-refractivity contribution < 1.29 is 4.79 Å². The second-order valence-corrected chi connectivity index (χ2v) is 4.25. The van der Waals surface area contributed by atoms with Crippen LogP contribution in [0.25, 0.3) is 0 Å². The second-order valence-electron chi connectivity index (χ2n) is 4.25. The van der Waals surface area contributed by atoms with E-state index in [2.05, 4.69) is 38.6 Å². The Morgan fingerprint density at radius 2 is 2.19 bits per heavy atom. The van der Waals surface area contributed by atoms with Crippen molar-refractivity contribution in [3.8, 4) is 0 Å². The lowest BCUT2D eigenvalue weighted by Gasteiger charge is -2.08. The first kappa shape index (κ1) is 12.7. The zero-order chi connectivity index (χ0) is 12.0. The van der Waals surface area contributed by atoms with Gasteiger partial charge in [-0.2, -0.15) is 0 Å². The van der Waals surface area contributed by atoms with Crippen molar-refractivity contribution in [1.29, 1.82) is 0 Å². The van der Waals surface area contributed by atoms with Gasteiger partial charge >= 0.3 is 0 Å². The molecule has 0 atom stereocenters. The van der Waals surface area contributed by atoms with Gasteiger partial charge in [0.05, 0.1) is 0 Å². The molecule has 1 aromatic rings. The normalized spacial score (nSPS) is 10.1. The molecule has 0 aromatic heterocycles. The van der Waals surface area contributed by atoms with E-state index in [0.717, 1.165) is 25.5 Å². The Balaban J connectivity index is 2.74. The fourth-order valence-electron chi connectivity index (χ4n) is 1.78. The van der Waals surface area contributed by atoms with Crippen LogP contribution in [0.1, 0.15) is 36.5 Å². The number of allylic oxidation sites excluding steroid dienone is 1. The van der Waals surface area contributed by atoms with Crippen LogP contribution in [-0.2, 0) is 17.6 Å². The Hall–Kier alpha value is -1.37. The molecule has 1 rings (SSSR count). The summed E-state index contributed by atoms with van der Waals surface area (Å²) >= 11 is 0. The maximum atomic E-state index is 10.3. The van der Waals surface area contributed by atoms with Gasteiger partial charge in [0, 0.05) is 6.42 Å². The highest BCUT2D eigenvalue weighted by Crippen LogP contribution is 2.16. The summed E-state index contributed by atoms with van der Waals surface area (Å²) in [6.45, 7) is 8.27. The maximum absolute atomic E-state index is 10.3. The van der Waals surface area contributed by atoms with Crippen LogP contribution in [0, 0.1) is 6.92 Å². The van der Waals surface area contributed by atoms with Crippen LogP contribution in [0.2, 0.25) is 0 Å². The summed E-state index contributed by atoms with van der Waals surface area (Å²) in [6.07, 6.45) is 4.44. The minimum atomic E-state index is 0.613. The molecule has 0 saturated heterocycles. The third kappa shape index (κ3) is 3.65. The molecule has 16 heavy (non-hydrogen) atoms. The molecule has 0 saturated carbocycles. The third-order valence-corrected chi connectivity index (χ3v) is 2.89. The Labute approximate surface area is 98.2 Å². The topological polar surface area (TPSA) is 17.1 Å². The standard InChI is InChI=1S/C15H20O/c1-4-12(2)10-14-7-8-15(6-5-9-16)13(3)11-14/h7-9,11H,2,4-6,10H2,1,3H3. The summed E-state index contributed by atoms with van der Waals surface area (Å²) in [4.78, 5) is 10.3. The maximum Gasteiger partial charge on any atom is 0.120 e. The zero-order valence-electron chi connectivity index (χ0n) is 10.3. The summed E-state index contributed by atoms with van der Waals surface area (Å²) in [5.41, 5.74) is 5.14. The molecule has 0 spiro atoms. The van der Waals surface area contributed by atoms with Crippen molar-refractivity contribution in [2.75, 3.05) is 0 Å². The van der Waals surface area contributed by atoms with Gasteiger partial charge in [-0.1, -0.05) is 37.3 Å². The first-order chi connectivity index (χ1) is 7.67. The number of benzene rings is 1. The smallest absolute Gasteiger partial charge is 0.120 e. The average molecular weight is 216 g/mol. The van der Waals surface area contributed by atoms with Crippen LogP contribution in [0.4, 0.5) is 0 Å². The van der Waals surface area contributed by atoms with Gasteiger partial charge in [0.2, 0.25) is 0 Å². The van der Waals surface area contributed by atoms with E-state index in [0.29, 0.717) is 6.42 Å². The van der Waals surface area contributed by atoms with E-state index >= 15 is 0 Å². The van der Waals surface area contributed by atoms with E-state index in [1.165, 1.54) is 22.3 Å². The Morgan fingerprint density at radius 3 is 2.75 bits per heavy atom. The zero-order valence-corrected chi connectivity index (χ0v) is 10.3. The van der Waals surface area contributed by atoms with Gasteiger partial charge in [-0.15, -0.1) is 0 Å². The highest BCUT2D eigenvalue weighted by molar-refractivity contribution is 5.50. The molecular weight excluding hydrogens is 196 g/mol. The first-order valence-corrected chi connectivity index (χ1v) is 5.86. The van der Waals surface area contributed by atoms with Gasteiger partial charge in [-0.05, 0) is 42.9 Å². The highest BCUT2D eigenvalue weighted by atomic mass is 16.1. The van der Waals surface area contributed by atoms with Gasteiger partial charge in [-0.25, -0.2) is 0 Å². The molecule has 0 aliphatic heterocycles. The average Bonchev–Trinajstić information content (AvgIpc) is 2.28. The number of aldehydes is 1. The van der Waals surface area contributed by atoms with Crippen molar-refractivity contribution >= 4 is 6.29 Å². The second kappa shape index (κ2) is 6.26. The molecule has 1 heteroatoms. The molecule has 0 unspecified atom stereocenters. The number of carbonyl (C=O) groups is 1. The van der Waals surface area contributed by atoms with Gasteiger partial charge < -0.3 is 4.79 Å². The van der Waals surface area contributed by atoms with Gasteiger partial charge in [0.15, 0.2) is 0 Å². The van der Waals surface area contributed by atoms with Crippen LogP contribution < -0.4 is 0 Å². The van der Waals surface area contributed by atoms with Crippen LogP contribution in [0.3, 0.4) is 0 Å². The van der Waals surface area contributed by atoms with Crippen LogP contribution >= 0.6 is 0 Å². The van der Waals surface area contributed by atoms with E-state index in [4.69, 9.17) is 0 Å². The minimum absolute atomic E-state index is 0.613. The van der Waals surface area contributed by atoms with Crippen LogP contribution in [0.5, 0.6) is 0 Å². The first-order valence-electron chi connectivity index (χ1n) is 5.86. The SMILES string of the molecule is C=C(CC)Cc1ccc(CCC=O)c(C)c1. The van der Waals surface area contributed by atoms with Crippen molar-refractivity contribution in [1.82, 2.24) is 0 Å². The van der Waals surface area contributed by atoms with Crippen molar-refractivity contribution in [2.45, 2.75) is 39.5 Å². The molecular formula is C15H20O. The molecule has 0 aliphatic rings. The van der Waals surface area contributed by atoms with Gasteiger partial charge in [0.1, 0.15) is 6.29 Å². The van der Waals surface area contributed by atoms with E-state index in [-0.39, 0.29) is 0 Å². The Bertz CT molecular complexity index is 377. The predicted octanol–water partition coefficient (Wildman–Crippen LogP) is 3.64. The molecule has 1 nitrogen and oxygen atoms in total. The lowest BCUT2D eigenvalue weighted by Crippen LogP contribution is -1.94. The highest BCUT2D eigenvalue weighted by Gasteiger charge is 2.01. The Kier molecular flexibility index (Phi) is 4.97. The molecule has 0 fully saturated rings. The van der Waals surface area contributed by atoms with Gasteiger partial charge in [-0.3, -0.25) is 0 Å². The Morgan fingerprint density at radius 1 is 1.44 bits per heavy atom. The van der Waals surface area contributed by atoms with E-state index in [1.54, 1.807) is 0 Å². The molecule has 0 bridgehead atoms. The quantitative estimate of drug-likeness (QED) is 0.524. The molecule has 0 aliphatic carbocycles. The molecule has 1 aromatic carbocycles. The largest absolute Gasteiger partial charge is 0.303 e. The summed E-state index contributed by atoms with van der Waals surface area (Å²) in [7, 11) is 0. The van der Waals surface area contributed by atoms with Crippen LogP contribution in [-0.4, -0.2) is 6.29 Å². The third-order valence-electron chi connectivity index (χ3n) is 2.89. The minimum Gasteiger partial charge on any atom is -0.303 e. The van der Waals surface area contributed by atoms with Gasteiger partial charge in [0.25, 0.3) is 0 Å². The molecule has 0 radical (unpaired) electrons. The number of hydrogen-bond donors (Lipinski definition) is 0. The fraction of sp³-hybridized carbons (Fsp3) is 0.400. The summed E-state index contributed by atoms with van der Waals surface area (Å²) < 4.78 is 0. The van der Waals surface area contributed by atoms with E-state index in [1.807, 2.05) is 0 Å². The number of carbonyl (C=O) groups excluding carboxylic acids is 1. The molecule has 0 heterocycles. The summed E-state index contributed by atoms with van der Waals surface area (Å²) in [6, 6.07) is 6.49. The number of rotatable bonds is 6. The monoisotopic (exact) mass is 216 g/mol. The summed E-state index contributed by atoms with van der Waals surface area (Å²) in [5.74, 6) is 0. The van der Waals surface area contributed by atoms with Crippen LogP contribution in [0.15, 0.2) is 30.4 Å². The van der Waals surface area contributed by atoms with Crippen molar-refractivity contribution in [3.05, 3.63) is 47.0 Å². The molecule has 86 valence electrons. The fourth-order valence-corrected chi connectivity index (χ4v) is 1.78. The van der Waals surface area contributed by atoms with E-state index in [9.17, 15) is 4.79 Å². The molecule has 0 N–H and O–H groups in total. The number of aryl methyl sites for hydroxylation is 2. The summed E-state index contributed by atoms with van der Waals surface area (Å²) in [5, 5.41) is 0. The van der Waals surface area contributed by atoms with Crippen molar-refractivity contribution in [3.63, 3.8) is 0 Å². The molecule has 0 amide bonds. The number of hydrogen-bond acceptors (Lipinski definition) is 1. The predicted molar refractivity (Wildman–Crippen MR) is 68.7 cm³/mol. The lowest BCUT2D eigenvalue weighted by atomic mass is 9.97. The van der Waals surface area contributed by atoms with E-state index < -0.39 is 0 Å².